The summed E-state index contributed by atoms with van der Waals surface area (Å²) in [7, 11) is 1.71. The summed E-state index contributed by atoms with van der Waals surface area (Å²) in [5.41, 5.74) is 7.07. The van der Waals surface area contributed by atoms with Crippen LogP contribution in [0.15, 0.2) is 66.7 Å². The highest BCUT2D eigenvalue weighted by Crippen LogP contribution is 2.44. The van der Waals surface area contributed by atoms with Crippen molar-refractivity contribution in [1.29, 1.82) is 0 Å². The number of nitrogens with one attached hydrogen (secondary N) is 2. The van der Waals surface area contributed by atoms with Gasteiger partial charge >= 0.3 is 6.09 Å². The lowest BCUT2D eigenvalue weighted by molar-refractivity contribution is 0.136. The maximum Gasteiger partial charge on any atom is 0.407 e. The molecule has 1 amide bonds. The first-order valence-corrected chi connectivity index (χ1v) is 11.8. The van der Waals surface area contributed by atoms with Crippen LogP contribution in [0.25, 0.3) is 11.1 Å². The number of benzene rings is 3. The minimum Gasteiger partial charge on any atom is -0.488 e. The molecule has 0 aromatic heterocycles. The van der Waals surface area contributed by atoms with E-state index in [4.69, 9.17) is 14.2 Å². The molecule has 34 heavy (non-hydrogen) atoms. The van der Waals surface area contributed by atoms with Gasteiger partial charge in [-0.05, 0) is 52.4 Å². The molecule has 6 nitrogen and oxygen atoms in total. The molecule has 2 N–H and O–H groups in total. The topological polar surface area (TPSA) is 68.8 Å². The van der Waals surface area contributed by atoms with Gasteiger partial charge in [0.05, 0.1) is 6.54 Å². The average Bonchev–Trinajstić information content (AvgIpc) is 3.42. The van der Waals surface area contributed by atoms with Crippen LogP contribution in [0.4, 0.5) is 10.5 Å². The second-order valence-electron chi connectivity index (χ2n) is 8.75. The molecule has 0 saturated carbocycles. The van der Waals surface area contributed by atoms with E-state index in [1.165, 1.54) is 22.3 Å². The SMILES string of the molecule is COCCCNc1ccc2c(c1)CC(CNC(=O)OCC1c3ccccc3-c3ccccc31)O2. The quantitative estimate of drug-likeness (QED) is 0.443. The lowest BCUT2D eigenvalue weighted by Gasteiger charge is -2.16. The number of ether oxygens (including phenoxy) is 3. The maximum atomic E-state index is 12.5. The third kappa shape index (κ3) is 4.73. The van der Waals surface area contributed by atoms with Crippen LogP contribution in [-0.2, 0) is 15.9 Å². The van der Waals surface area contributed by atoms with Gasteiger partial charge in [0.15, 0.2) is 0 Å². The summed E-state index contributed by atoms with van der Waals surface area (Å²) in [5, 5.41) is 6.29. The minimum atomic E-state index is -0.415. The summed E-state index contributed by atoms with van der Waals surface area (Å²) in [6, 6.07) is 22.8. The molecule has 1 aliphatic carbocycles. The van der Waals surface area contributed by atoms with Crippen molar-refractivity contribution in [3.05, 3.63) is 83.4 Å². The number of methoxy groups -OCH3 is 1. The number of alkyl carbamates (subject to hydrolysis) is 1. The van der Waals surface area contributed by atoms with Crippen molar-refractivity contribution >= 4 is 11.8 Å². The van der Waals surface area contributed by atoms with Gasteiger partial charge in [0, 0.05) is 38.3 Å². The molecular formula is C28H30N2O4. The van der Waals surface area contributed by atoms with Gasteiger partial charge < -0.3 is 24.8 Å². The maximum absolute atomic E-state index is 12.5. The number of amides is 1. The van der Waals surface area contributed by atoms with E-state index in [1.54, 1.807) is 7.11 Å². The molecule has 3 aromatic carbocycles. The summed E-state index contributed by atoms with van der Waals surface area (Å²) in [4.78, 5) is 12.5. The van der Waals surface area contributed by atoms with E-state index in [-0.39, 0.29) is 12.0 Å². The third-order valence-electron chi connectivity index (χ3n) is 6.47. The van der Waals surface area contributed by atoms with E-state index in [0.29, 0.717) is 13.2 Å². The second-order valence-corrected chi connectivity index (χ2v) is 8.75. The van der Waals surface area contributed by atoms with Gasteiger partial charge in [0.2, 0.25) is 0 Å². The third-order valence-corrected chi connectivity index (χ3v) is 6.47. The van der Waals surface area contributed by atoms with E-state index in [2.05, 4.69) is 41.0 Å². The van der Waals surface area contributed by atoms with Crippen molar-refractivity contribution in [2.45, 2.75) is 24.9 Å². The highest BCUT2D eigenvalue weighted by Gasteiger charge is 2.29. The van der Waals surface area contributed by atoms with E-state index < -0.39 is 6.09 Å². The van der Waals surface area contributed by atoms with Crippen LogP contribution in [0.2, 0.25) is 0 Å². The zero-order valence-corrected chi connectivity index (χ0v) is 19.4. The van der Waals surface area contributed by atoms with Gasteiger partial charge in [-0.3, -0.25) is 0 Å². The fourth-order valence-corrected chi connectivity index (χ4v) is 4.84. The molecule has 6 heteroatoms. The largest absolute Gasteiger partial charge is 0.488 e. The van der Waals surface area contributed by atoms with Crippen molar-refractivity contribution in [2.24, 2.45) is 0 Å². The Morgan fingerprint density at radius 2 is 1.76 bits per heavy atom. The number of fused-ring (bicyclic) bond motifs is 4. The van der Waals surface area contributed by atoms with Gasteiger partial charge in [-0.15, -0.1) is 0 Å². The van der Waals surface area contributed by atoms with Crippen molar-refractivity contribution in [2.75, 3.05) is 38.7 Å². The van der Waals surface area contributed by atoms with Gasteiger partial charge in [-0.2, -0.15) is 0 Å². The Morgan fingerprint density at radius 1 is 1.03 bits per heavy atom. The van der Waals surface area contributed by atoms with Gasteiger partial charge in [0.1, 0.15) is 18.5 Å². The van der Waals surface area contributed by atoms with Crippen LogP contribution in [0.5, 0.6) is 5.75 Å². The Balaban J connectivity index is 1.11. The number of carbonyl (C=O) groups is 1. The van der Waals surface area contributed by atoms with Gasteiger partial charge in [0.25, 0.3) is 0 Å². The summed E-state index contributed by atoms with van der Waals surface area (Å²) in [6.45, 7) is 2.32. The number of rotatable bonds is 9. The van der Waals surface area contributed by atoms with Gasteiger partial charge in [-0.25, -0.2) is 4.79 Å². The fraction of sp³-hybridized carbons (Fsp3) is 0.321. The molecule has 1 atom stereocenters. The number of hydrogen-bond acceptors (Lipinski definition) is 5. The molecule has 2 aliphatic rings. The molecule has 5 rings (SSSR count). The molecule has 3 aromatic rings. The lowest BCUT2D eigenvalue weighted by Crippen LogP contribution is -2.35. The summed E-state index contributed by atoms with van der Waals surface area (Å²) in [6.07, 6.45) is 1.20. The van der Waals surface area contributed by atoms with Gasteiger partial charge in [-0.1, -0.05) is 48.5 Å². The van der Waals surface area contributed by atoms with Crippen molar-refractivity contribution in [3.63, 3.8) is 0 Å². The first-order chi connectivity index (χ1) is 16.7. The first-order valence-electron chi connectivity index (χ1n) is 11.8. The van der Waals surface area contributed by atoms with Crippen molar-refractivity contribution in [1.82, 2.24) is 5.32 Å². The zero-order chi connectivity index (χ0) is 23.3. The molecule has 0 fully saturated rings. The normalized spacial score (nSPS) is 15.7. The van der Waals surface area contributed by atoms with Crippen LogP contribution >= 0.6 is 0 Å². The standard InChI is InChI=1S/C28H30N2O4/c1-32-14-6-13-29-20-11-12-27-19(15-20)16-21(34-27)17-30-28(31)33-18-26-24-9-4-2-7-22(24)23-8-3-5-10-25(23)26/h2-5,7-12,15,21,26,29H,6,13-14,16-18H2,1H3,(H,30,31). The van der Waals surface area contributed by atoms with E-state index in [1.807, 2.05) is 36.4 Å². The van der Waals surface area contributed by atoms with Crippen LogP contribution in [0, 0.1) is 0 Å². The van der Waals surface area contributed by atoms with Crippen molar-refractivity contribution in [3.8, 4) is 16.9 Å². The Bertz CT molecular complexity index is 1120. The summed E-state index contributed by atoms with van der Waals surface area (Å²) in [5.74, 6) is 0.932. The Kier molecular flexibility index (Phi) is 6.67. The van der Waals surface area contributed by atoms with Crippen molar-refractivity contribution < 1.29 is 19.0 Å². The van der Waals surface area contributed by atoms with Crippen LogP contribution in [0.1, 0.15) is 29.0 Å². The van der Waals surface area contributed by atoms with Crippen LogP contribution in [-0.4, -0.2) is 45.6 Å². The van der Waals surface area contributed by atoms with Crippen LogP contribution < -0.4 is 15.4 Å². The zero-order valence-electron chi connectivity index (χ0n) is 19.4. The first kappa shape index (κ1) is 22.3. The Hall–Kier alpha value is -3.51. The highest BCUT2D eigenvalue weighted by molar-refractivity contribution is 5.79. The molecule has 1 heterocycles. The molecule has 1 aliphatic heterocycles. The average molecular weight is 459 g/mol. The molecule has 0 saturated heterocycles. The highest BCUT2D eigenvalue weighted by atomic mass is 16.5. The molecule has 176 valence electrons. The predicted molar refractivity (Wildman–Crippen MR) is 133 cm³/mol. The molecule has 0 spiro atoms. The smallest absolute Gasteiger partial charge is 0.407 e. The van der Waals surface area contributed by atoms with E-state index >= 15 is 0 Å². The van der Waals surface area contributed by atoms with Crippen LogP contribution in [0.3, 0.4) is 0 Å². The molecule has 0 radical (unpaired) electrons. The van der Waals surface area contributed by atoms with E-state index in [9.17, 15) is 4.79 Å². The molecular weight excluding hydrogens is 428 g/mol. The minimum absolute atomic E-state index is 0.0555. The number of carbonyl (C=O) groups excluding carboxylic acids is 1. The number of anilines is 1. The Labute approximate surface area is 200 Å². The number of hydrogen-bond donors (Lipinski definition) is 2. The Morgan fingerprint density at radius 3 is 2.50 bits per heavy atom. The fourth-order valence-electron chi connectivity index (χ4n) is 4.84. The van der Waals surface area contributed by atoms with E-state index in [0.717, 1.165) is 43.0 Å². The summed E-state index contributed by atoms with van der Waals surface area (Å²) < 4.78 is 16.7. The second kappa shape index (κ2) is 10.2. The predicted octanol–water partition coefficient (Wildman–Crippen LogP) is 4.98. The molecule has 1 unspecified atom stereocenters. The monoisotopic (exact) mass is 458 g/mol. The lowest BCUT2D eigenvalue weighted by atomic mass is 9.98. The summed E-state index contributed by atoms with van der Waals surface area (Å²) >= 11 is 0. The molecule has 0 bridgehead atoms.